The lowest BCUT2D eigenvalue weighted by Gasteiger charge is -2.29. The Morgan fingerprint density at radius 1 is 1.33 bits per heavy atom. The molecule has 2 unspecified atom stereocenters. The molecule has 0 aromatic heterocycles. The van der Waals surface area contributed by atoms with E-state index in [1.807, 2.05) is 0 Å². The molecule has 2 atom stereocenters. The van der Waals surface area contributed by atoms with Gasteiger partial charge < -0.3 is 10.8 Å². The molecule has 1 fully saturated rings. The summed E-state index contributed by atoms with van der Waals surface area (Å²) >= 11 is 5.80. The molecular formula is C13H17ClN2O4S. The second-order valence-corrected chi connectivity index (χ2v) is 7.24. The van der Waals surface area contributed by atoms with E-state index in [1.165, 1.54) is 12.1 Å². The molecule has 6 nitrogen and oxygen atoms in total. The maximum Gasteiger partial charge on any atom is 0.337 e. The molecule has 0 bridgehead atoms. The molecule has 116 valence electrons. The highest BCUT2D eigenvalue weighted by atomic mass is 35.5. The van der Waals surface area contributed by atoms with E-state index in [1.54, 1.807) is 0 Å². The normalized spacial score (nSPS) is 23.0. The highest BCUT2D eigenvalue weighted by Crippen LogP contribution is 2.23. The number of hydrogen-bond donors (Lipinski definition) is 3. The summed E-state index contributed by atoms with van der Waals surface area (Å²) in [6.45, 7) is 0. The average molecular weight is 333 g/mol. The molecule has 21 heavy (non-hydrogen) atoms. The fourth-order valence-corrected chi connectivity index (χ4v) is 4.08. The Morgan fingerprint density at radius 3 is 2.57 bits per heavy atom. The first-order valence-electron chi connectivity index (χ1n) is 6.62. The summed E-state index contributed by atoms with van der Waals surface area (Å²) in [6.07, 6.45) is 3.41. The molecular weight excluding hydrogens is 316 g/mol. The van der Waals surface area contributed by atoms with Crippen molar-refractivity contribution in [1.29, 1.82) is 0 Å². The van der Waals surface area contributed by atoms with Crippen LogP contribution in [0, 0.1) is 0 Å². The van der Waals surface area contributed by atoms with E-state index in [0.717, 1.165) is 25.3 Å². The number of carboxylic acids is 1. The summed E-state index contributed by atoms with van der Waals surface area (Å²) in [7, 11) is -3.77. The fraction of sp³-hybridized carbons (Fsp3) is 0.462. The van der Waals surface area contributed by atoms with Crippen LogP contribution in [0.25, 0.3) is 0 Å². The van der Waals surface area contributed by atoms with E-state index in [0.29, 0.717) is 6.42 Å². The smallest absolute Gasteiger partial charge is 0.337 e. The molecule has 1 saturated carbocycles. The average Bonchev–Trinajstić information content (AvgIpc) is 2.40. The van der Waals surface area contributed by atoms with Crippen LogP contribution in [-0.4, -0.2) is 31.6 Å². The maximum absolute atomic E-state index is 12.3. The third kappa shape index (κ3) is 3.74. The van der Waals surface area contributed by atoms with E-state index in [-0.39, 0.29) is 27.6 Å². The van der Waals surface area contributed by atoms with Gasteiger partial charge in [0, 0.05) is 12.1 Å². The summed E-state index contributed by atoms with van der Waals surface area (Å²) in [4.78, 5) is 10.8. The Kier molecular flexibility index (Phi) is 4.88. The van der Waals surface area contributed by atoms with Gasteiger partial charge in [-0.15, -0.1) is 0 Å². The Labute approximate surface area is 128 Å². The van der Waals surface area contributed by atoms with Crippen LogP contribution < -0.4 is 10.5 Å². The lowest BCUT2D eigenvalue weighted by molar-refractivity contribution is 0.0697. The van der Waals surface area contributed by atoms with Crippen molar-refractivity contribution in [2.45, 2.75) is 42.7 Å². The monoisotopic (exact) mass is 332 g/mol. The van der Waals surface area contributed by atoms with Gasteiger partial charge in [0.1, 0.15) is 0 Å². The third-order valence-corrected chi connectivity index (χ3v) is 5.41. The quantitative estimate of drug-likeness (QED) is 0.775. The van der Waals surface area contributed by atoms with Gasteiger partial charge in [0.2, 0.25) is 10.0 Å². The Balaban J connectivity index is 2.23. The fourth-order valence-electron chi connectivity index (χ4n) is 2.41. The van der Waals surface area contributed by atoms with Crippen LogP contribution in [0.5, 0.6) is 0 Å². The number of aromatic carboxylic acids is 1. The van der Waals surface area contributed by atoms with Gasteiger partial charge in [-0.3, -0.25) is 0 Å². The van der Waals surface area contributed by atoms with Crippen LogP contribution in [0.15, 0.2) is 23.1 Å². The Morgan fingerprint density at radius 2 is 2.00 bits per heavy atom. The topological polar surface area (TPSA) is 109 Å². The number of halogens is 1. The van der Waals surface area contributed by atoms with E-state index in [2.05, 4.69) is 4.72 Å². The zero-order valence-electron chi connectivity index (χ0n) is 11.3. The summed E-state index contributed by atoms with van der Waals surface area (Å²) in [5.41, 5.74) is 5.79. The van der Waals surface area contributed by atoms with Gasteiger partial charge in [0.25, 0.3) is 0 Å². The molecule has 0 saturated heterocycles. The predicted octanol–water partition coefficient (Wildman–Crippen LogP) is 1.59. The van der Waals surface area contributed by atoms with Gasteiger partial charge in [0.15, 0.2) is 0 Å². The molecule has 0 spiro atoms. The van der Waals surface area contributed by atoms with Crippen LogP contribution in [0.1, 0.15) is 36.0 Å². The molecule has 1 aliphatic rings. The second kappa shape index (κ2) is 6.31. The van der Waals surface area contributed by atoms with Crippen molar-refractivity contribution in [1.82, 2.24) is 4.72 Å². The van der Waals surface area contributed by atoms with Crippen molar-refractivity contribution in [2.75, 3.05) is 0 Å². The molecule has 0 aliphatic heterocycles. The van der Waals surface area contributed by atoms with Gasteiger partial charge in [-0.1, -0.05) is 24.4 Å². The number of benzene rings is 1. The van der Waals surface area contributed by atoms with E-state index in [9.17, 15) is 13.2 Å². The number of nitrogens with two attached hydrogens (primary N) is 1. The number of sulfonamides is 1. The lowest BCUT2D eigenvalue weighted by atomic mass is 9.92. The molecule has 1 aromatic rings. The zero-order valence-corrected chi connectivity index (χ0v) is 12.8. The van der Waals surface area contributed by atoms with E-state index in [4.69, 9.17) is 22.4 Å². The van der Waals surface area contributed by atoms with Crippen LogP contribution >= 0.6 is 11.6 Å². The number of nitrogens with one attached hydrogen (secondary N) is 1. The minimum Gasteiger partial charge on any atom is -0.478 e. The third-order valence-electron chi connectivity index (χ3n) is 3.61. The Bertz CT molecular complexity index is 648. The SMILES string of the molecule is NC1CCCCC1NS(=O)(=O)c1ccc(C(=O)O)c(Cl)c1. The predicted molar refractivity (Wildman–Crippen MR) is 79.0 cm³/mol. The molecule has 1 aromatic carbocycles. The molecule has 1 aliphatic carbocycles. The van der Waals surface area contributed by atoms with Gasteiger partial charge in [-0.25, -0.2) is 17.9 Å². The van der Waals surface area contributed by atoms with Gasteiger partial charge in [0.05, 0.1) is 15.5 Å². The first kappa shape index (κ1) is 16.2. The molecule has 8 heteroatoms. The van der Waals surface area contributed by atoms with Crippen molar-refractivity contribution in [3.8, 4) is 0 Å². The highest BCUT2D eigenvalue weighted by Gasteiger charge is 2.27. The summed E-state index contributed by atoms with van der Waals surface area (Å²) in [6, 6.07) is 3.04. The maximum atomic E-state index is 12.3. The molecule has 0 heterocycles. The van der Waals surface area contributed by atoms with Crippen molar-refractivity contribution >= 4 is 27.6 Å². The number of carboxylic acid groups (broad SMARTS) is 1. The summed E-state index contributed by atoms with van der Waals surface area (Å²) in [5, 5.41) is 8.78. The standard InChI is InChI=1S/C13H17ClN2O4S/c14-10-7-8(5-6-9(10)13(17)18)21(19,20)16-12-4-2-1-3-11(12)15/h5-7,11-12,16H,1-4,15H2,(H,17,18). The number of rotatable bonds is 4. The summed E-state index contributed by atoms with van der Waals surface area (Å²) < 4.78 is 27.2. The molecule has 0 radical (unpaired) electrons. The lowest BCUT2D eigenvalue weighted by Crippen LogP contribution is -2.49. The van der Waals surface area contributed by atoms with Gasteiger partial charge in [-0.2, -0.15) is 0 Å². The van der Waals surface area contributed by atoms with Crippen molar-refractivity contribution < 1.29 is 18.3 Å². The van der Waals surface area contributed by atoms with Crippen molar-refractivity contribution in [2.24, 2.45) is 5.73 Å². The van der Waals surface area contributed by atoms with E-state index >= 15 is 0 Å². The minimum absolute atomic E-state index is 0.0599. The van der Waals surface area contributed by atoms with Crippen molar-refractivity contribution in [3.05, 3.63) is 28.8 Å². The zero-order chi connectivity index (χ0) is 15.6. The molecule has 4 N–H and O–H groups in total. The van der Waals surface area contributed by atoms with Crippen molar-refractivity contribution in [3.63, 3.8) is 0 Å². The largest absolute Gasteiger partial charge is 0.478 e. The van der Waals surface area contributed by atoms with Gasteiger partial charge in [-0.05, 0) is 31.0 Å². The highest BCUT2D eigenvalue weighted by molar-refractivity contribution is 7.89. The van der Waals surface area contributed by atoms with Crippen LogP contribution in [-0.2, 0) is 10.0 Å². The van der Waals surface area contributed by atoms with Crippen LogP contribution in [0.3, 0.4) is 0 Å². The number of carbonyl (C=O) groups is 1. The first-order chi connectivity index (χ1) is 9.81. The van der Waals surface area contributed by atoms with E-state index < -0.39 is 16.0 Å². The number of hydrogen-bond acceptors (Lipinski definition) is 4. The van der Waals surface area contributed by atoms with Gasteiger partial charge >= 0.3 is 5.97 Å². The minimum atomic E-state index is -3.77. The molecule has 0 amide bonds. The van der Waals surface area contributed by atoms with Crippen LogP contribution in [0.4, 0.5) is 0 Å². The Hall–Kier alpha value is -1.15. The molecule has 2 rings (SSSR count). The first-order valence-corrected chi connectivity index (χ1v) is 8.48. The second-order valence-electron chi connectivity index (χ2n) is 5.12. The van der Waals surface area contributed by atoms with Crippen LogP contribution in [0.2, 0.25) is 5.02 Å². The summed E-state index contributed by atoms with van der Waals surface area (Å²) in [5.74, 6) is -1.20.